The van der Waals surface area contributed by atoms with Crippen LogP contribution in [0.5, 0.6) is 17.4 Å². The lowest BCUT2D eigenvalue weighted by molar-refractivity contribution is -0.108. The van der Waals surface area contributed by atoms with Crippen LogP contribution in [-0.4, -0.2) is 42.4 Å². The van der Waals surface area contributed by atoms with E-state index >= 15 is 0 Å². The lowest BCUT2D eigenvalue weighted by Crippen LogP contribution is -2.41. The van der Waals surface area contributed by atoms with Crippen LogP contribution in [0.15, 0.2) is 48.5 Å². The molecule has 0 saturated heterocycles. The van der Waals surface area contributed by atoms with Crippen molar-refractivity contribution in [1.82, 2.24) is 9.97 Å². The zero-order valence-corrected chi connectivity index (χ0v) is 19.7. The minimum absolute atomic E-state index is 0.0412. The number of nitrogens with one attached hydrogen (secondary N) is 1. The molecule has 0 saturated carbocycles. The van der Waals surface area contributed by atoms with Crippen molar-refractivity contribution in [1.29, 1.82) is 0 Å². The number of nitrogens with zero attached hydrogens (tertiary/aromatic N) is 3. The van der Waals surface area contributed by atoms with E-state index in [9.17, 15) is 9.59 Å². The van der Waals surface area contributed by atoms with Crippen LogP contribution in [0.2, 0.25) is 0 Å². The number of carbonyl (C=O) groups is 2. The van der Waals surface area contributed by atoms with Crippen molar-refractivity contribution in [2.75, 3.05) is 24.5 Å². The first-order valence-electron chi connectivity index (χ1n) is 10.7. The van der Waals surface area contributed by atoms with Gasteiger partial charge in [0.15, 0.2) is 5.82 Å². The maximum atomic E-state index is 12.5. The van der Waals surface area contributed by atoms with E-state index in [2.05, 4.69) is 15.3 Å². The third-order valence-corrected chi connectivity index (χ3v) is 5.12. The van der Waals surface area contributed by atoms with Crippen LogP contribution in [-0.2, 0) is 11.4 Å². The van der Waals surface area contributed by atoms with E-state index in [0.717, 1.165) is 11.8 Å². The minimum atomic E-state index is -0.795. The van der Waals surface area contributed by atoms with Gasteiger partial charge in [-0.15, -0.1) is 0 Å². The highest BCUT2D eigenvalue weighted by Gasteiger charge is 2.24. The number of rotatable bonds is 12. The van der Waals surface area contributed by atoms with Gasteiger partial charge in [-0.3, -0.25) is 9.80 Å². The Kier molecular flexibility index (Phi) is 8.41. The van der Waals surface area contributed by atoms with Gasteiger partial charge >= 0.3 is 0 Å². The summed E-state index contributed by atoms with van der Waals surface area (Å²) in [6, 6.07) is 13.8. The second-order valence-corrected chi connectivity index (χ2v) is 7.57. The summed E-state index contributed by atoms with van der Waals surface area (Å²) < 4.78 is 16.3. The monoisotopic (exact) mass is 480 g/mol. The zero-order valence-electron chi connectivity index (χ0n) is 19.7. The molecule has 0 aliphatic carbocycles. The van der Waals surface area contributed by atoms with Crippen LogP contribution in [0.4, 0.5) is 17.5 Å². The zero-order chi connectivity index (χ0) is 25.4. The summed E-state index contributed by atoms with van der Waals surface area (Å²) in [4.78, 5) is 32.2. The van der Waals surface area contributed by atoms with E-state index in [1.807, 2.05) is 12.1 Å². The fourth-order valence-corrected chi connectivity index (χ4v) is 3.12. The quantitative estimate of drug-likeness (QED) is 0.200. The molecule has 1 aromatic heterocycles. The van der Waals surface area contributed by atoms with Crippen molar-refractivity contribution in [3.63, 3.8) is 0 Å². The number of anilines is 3. The topological polar surface area (TPSA) is 155 Å². The molecule has 11 heteroatoms. The standard InChI is InChI=1S/C24H28N6O5/c1-15(11-12-31)30(26)24-28-22(27-17-5-4-6-19(13-17)34-3)20(21(25)32)23(29-24)35-14-16-7-9-18(33-2)10-8-16/h4-10,12-13,15H,11,14,26H2,1-3H3,(H2,25,32)(H,27,28,29). The average Bonchev–Trinajstić information content (AvgIpc) is 2.87. The number of hydrogen-bond acceptors (Lipinski definition) is 10. The van der Waals surface area contributed by atoms with Gasteiger partial charge in [-0.25, -0.2) is 5.84 Å². The Labute approximate surface area is 203 Å². The number of primary amides is 1. The molecule has 1 unspecified atom stereocenters. The van der Waals surface area contributed by atoms with Crippen molar-refractivity contribution in [3.05, 3.63) is 59.7 Å². The van der Waals surface area contributed by atoms with Crippen molar-refractivity contribution in [3.8, 4) is 17.4 Å². The molecule has 0 aliphatic heterocycles. The fraction of sp³-hybridized carbons (Fsp3) is 0.250. The number of carbonyl (C=O) groups excluding carboxylic acids is 2. The van der Waals surface area contributed by atoms with Crippen LogP contribution >= 0.6 is 0 Å². The molecule has 3 rings (SSSR count). The summed E-state index contributed by atoms with van der Waals surface area (Å²) >= 11 is 0. The van der Waals surface area contributed by atoms with Gasteiger partial charge in [0, 0.05) is 18.2 Å². The normalized spacial score (nSPS) is 11.3. The minimum Gasteiger partial charge on any atom is -0.497 e. The third-order valence-electron chi connectivity index (χ3n) is 5.12. The molecule has 0 aliphatic rings. The van der Waals surface area contributed by atoms with E-state index in [1.165, 1.54) is 5.01 Å². The first-order valence-corrected chi connectivity index (χ1v) is 10.7. The van der Waals surface area contributed by atoms with Crippen molar-refractivity contribution >= 4 is 29.6 Å². The summed E-state index contributed by atoms with van der Waals surface area (Å²) in [5, 5.41) is 4.30. The molecule has 0 spiro atoms. The summed E-state index contributed by atoms with van der Waals surface area (Å²) in [5.74, 6) is 6.76. The van der Waals surface area contributed by atoms with Gasteiger partial charge in [-0.1, -0.05) is 18.2 Å². The van der Waals surface area contributed by atoms with E-state index in [1.54, 1.807) is 57.5 Å². The molecule has 184 valence electrons. The van der Waals surface area contributed by atoms with Crippen LogP contribution in [0.1, 0.15) is 29.3 Å². The molecule has 11 nitrogen and oxygen atoms in total. The van der Waals surface area contributed by atoms with Crippen molar-refractivity contribution in [2.24, 2.45) is 11.6 Å². The molecular formula is C24H28N6O5. The van der Waals surface area contributed by atoms with Crippen LogP contribution in [0, 0.1) is 0 Å². The molecule has 3 aromatic rings. The molecule has 0 radical (unpaired) electrons. The Hall–Kier alpha value is -4.38. The number of aromatic nitrogens is 2. The number of nitrogens with two attached hydrogens (primary N) is 2. The van der Waals surface area contributed by atoms with E-state index in [0.29, 0.717) is 17.2 Å². The van der Waals surface area contributed by atoms with Crippen molar-refractivity contribution in [2.45, 2.75) is 26.0 Å². The SMILES string of the molecule is COc1ccc(COc2nc(N(N)C(C)CC=O)nc(Nc3cccc(OC)c3)c2C(N)=O)cc1. The number of ether oxygens (including phenoxy) is 3. The largest absolute Gasteiger partial charge is 0.497 e. The van der Waals surface area contributed by atoms with Gasteiger partial charge < -0.3 is 30.1 Å². The van der Waals surface area contributed by atoms with Gasteiger partial charge in [-0.05, 0) is 36.8 Å². The molecule has 5 N–H and O–H groups in total. The number of hydrazine groups is 1. The van der Waals surface area contributed by atoms with Gasteiger partial charge in [0.25, 0.3) is 5.91 Å². The van der Waals surface area contributed by atoms with E-state index in [4.69, 9.17) is 25.8 Å². The number of amides is 1. The van der Waals surface area contributed by atoms with Gasteiger partial charge in [0.05, 0.1) is 20.3 Å². The highest BCUT2D eigenvalue weighted by atomic mass is 16.5. The Balaban J connectivity index is 2.03. The first kappa shape index (κ1) is 25.2. The number of hydrogen-bond donors (Lipinski definition) is 3. The van der Waals surface area contributed by atoms with E-state index < -0.39 is 11.9 Å². The molecule has 1 heterocycles. The maximum absolute atomic E-state index is 12.5. The lowest BCUT2D eigenvalue weighted by atomic mass is 10.2. The Bertz CT molecular complexity index is 1170. The first-order chi connectivity index (χ1) is 16.9. The Morgan fingerprint density at radius 3 is 2.46 bits per heavy atom. The molecule has 2 aromatic carbocycles. The molecule has 35 heavy (non-hydrogen) atoms. The summed E-state index contributed by atoms with van der Waals surface area (Å²) in [5.41, 5.74) is 7.03. The summed E-state index contributed by atoms with van der Waals surface area (Å²) in [7, 11) is 3.12. The van der Waals surface area contributed by atoms with Crippen LogP contribution in [0.25, 0.3) is 0 Å². The highest BCUT2D eigenvalue weighted by molar-refractivity contribution is 6.00. The molecule has 0 bridgehead atoms. The number of benzene rings is 2. The molecule has 0 fully saturated rings. The lowest BCUT2D eigenvalue weighted by Gasteiger charge is -2.24. The van der Waals surface area contributed by atoms with Gasteiger partial charge in [-0.2, -0.15) is 9.97 Å². The highest BCUT2D eigenvalue weighted by Crippen LogP contribution is 2.30. The molecule has 1 amide bonds. The summed E-state index contributed by atoms with van der Waals surface area (Å²) in [6.07, 6.45) is 0.900. The maximum Gasteiger partial charge on any atom is 0.258 e. The second-order valence-electron chi connectivity index (χ2n) is 7.57. The fourth-order valence-electron chi connectivity index (χ4n) is 3.12. The number of methoxy groups -OCH3 is 2. The second kappa shape index (κ2) is 11.7. The van der Waals surface area contributed by atoms with Gasteiger partial charge in [0.2, 0.25) is 11.8 Å². The average molecular weight is 481 g/mol. The van der Waals surface area contributed by atoms with E-state index in [-0.39, 0.29) is 36.2 Å². The molecule has 1 atom stereocenters. The van der Waals surface area contributed by atoms with Crippen molar-refractivity contribution < 1.29 is 23.8 Å². The molecular weight excluding hydrogens is 452 g/mol. The summed E-state index contributed by atoms with van der Waals surface area (Å²) in [6.45, 7) is 1.83. The van der Waals surface area contributed by atoms with Gasteiger partial charge in [0.1, 0.15) is 30.0 Å². The van der Waals surface area contributed by atoms with Crippen LogP contribution < -0.4 is 36.1 Å². The number of aldehydes is 1. The predicted octanol–water partition coefficient (Wildman–Crippen LogP) is 2.57. The predicted molar refractivity (Wildman–Crippen MR) is 131 cm³/mol. The van der Waals surface area contributed by atoms with Crippen LogP contribution in [0.3, 0.4) is 0 Å². The smallest absolute Gasteiger partial charge is 0.258 e. The Morgan fingerprint density at radius 2 is 1.83 bits per heavy atom. The Morgan fingerprint density at radius 1 is 1.11 bits per heavy atom. The third kappa shape index (κ3) is 6.36.